The van der Waals surface area contributed by atoms with Crippen LogP contribution in [0.4, 0.5) is 0 Å². The van der Waals surface area contributed by atoms with Crippen LogP contribution in [0.2, 0.25) is 0 Å². The molecule has 0 aromatic carbocycles. The molecule has 0 bridgehead atoms. The number of amides is 3. The summed E-state index contributed by atoms with van der Waals surface area (Å²) in [7, 11) is 0. The predicted molar refractivity (Wildman–Crippen MR) is 292 cm³/mol. The van der Waals surface area contributed by atoms with Crippen molar-refractivity contribution in [3.8, 4) is 0 Å². The molecule has 0 aliphatic carbocycles. The number of rotatable bonds is 56. The molecule has 0 radical (unpaired) electrons. The molecule has 0 atom stereocenters. The summed E-state index contributed by atoms with van der Waals surface area (Å²) >= 11 is 0. The highest BCUT2D eigenvalue weighted by molar-refractivity contribution is 5.77. The van der Waals surface area contributed by atoms with Crippen molar-refractivity contribution in [3.63, 3.8) is 0 Å². The maximum Gasteiger partial charge on any atom is 0.221 e. The van der Waals surface area contributed by atoms with Crippen LogP contribution in [0.3, 0.4) is 0 Å². The minimum Gasteiger partial charge on any atom is -0.356 e. The summed E-state index contributed by atoms with van der Waals surface area (Å²) in [6.07, 6.45) is 51.8. The van der Waals surface area contributed by atoms with Crippen LogP contribution in [0, 0.1) is 0 Å². The Labute approximate surface area is 418 Å². The second-order valence-electron chi connectivity index (χ2n) is 20.5. The Kier molecular flexibility index (Phi) is 53.8. The molecular formula is C58H118N6O3. The molecule has 0 aliphatic heterocycles. The number of carbonyl (C=O) groups excluding carboxylic acids is 3. The lowest BCUT2D eigenvalue weighted by Crippen LogP contribution is -2.40. The van der Waals surface area contributed by atoms with Gasteiger partial charge < -0.3 is 31.5 Å². The third-order valence-electron chi connectivity index (χ3n) is 13.9. The van der Waals surface area contributed by atoms with Crippen molar-refractivity contribution in [2.24, 2.45) is 5.73 Å². The van der Waals surface area contributed by atoms with Crippen molar-refractivity contribution in [2.75, 3.05) is 65.4 Å². The smallest absolute Gasteiger partial charge is 0.221 e. The molecule has 0 aliphatic rings. The first-order valence-corrected chi connectivity index (χ1v) is 29.9. The Hall–Kier alpha value is -1.71. The van der Waals surface area contributed by atoms with Crippen LogP contribution in [0.25, 0.3) is 0 Å². The largest absolute Gasteiger partial charge is 0.356 e. The zero-order valence-corrected chi connectivity index (χ0v) is 45.5. The topological polar surface area (TPSA) is 120 Å². The van der Waals surface area contributed by atoms with Crippen LogP contribution in [0.1, 0.15) is 290 Å². The van der Waals surface area contributed by atoms with E-state index in [4.69, 9.17) is 5.73 Å². The number of carbonyl (C=O) groups is 3. The Morgan fingerprint density at radius 1 is 0.284 bits per heavy atom. The van der Waals surface area contributed by atoms with E-state index in [1.54, 1.807) is 0 Å². The van der Waals surface area contributed by atoms with Gasteiger partial charge in [0, 0.05) is 71.6 Å². The predicted octanol–water partition coefficient (Wildman–Crippen LogP) is 14.3. The fourth-order valence-electron chi connectivity index (χ4n) is 9.24. The molecule has 0 rings (SSSR count). The molecule has 0 saturated carbocycles. The van der Waals surface area contributed by atoms with E-state index in [0.717, 1.165) is 84.3 Å². The fraction of sp³-hybridized carbons (Fsp3) is 0.948. The van der Waals surface area contributed by atoms with Gasteiger partial charge >= 0.3 is 0 Å². The summed E-state index contributed by atoms with van der Waals surface area (Å²) in [5.74, 6) is 0.350. The van der Waals surface area contributed by atoms with Crippen LogP contribution >= 0.6 is 0 Å². The standard InChI is InChI=1S/C58H118N6O3/c1-4-7-10-13-16-19-22-25-28-31-34-39-47-60-56(65)43-51-63(50-42-37-38-46-59)54-55-64(52-44-57(66)61-48-40-35-32-29-26-23-20-17-14-11-8-5-2)53-45-58(67)62-49-41-36-33-30-27-24-21-18-15-12-9-6-3/h4-55,59H2,1-3H3,(H,60,65)(H,61,66)(H,62,67). The van der Waals surface area contributed by atoms with Gasteiger partial charge in [0.1, 0.15) is 0 Å². The Balaban J connectivity index is 4.80. The van der Waals surface area contributed by atoms with E-state index in [1.165, 1.54) is 212 Å². The fourth-order valence-corrected chi connectivity index (χ4v) is 9.24. The lowest BCUT2D eigenvalue weighted by atomic mass is 10.1. The zero-order chi connectivity index (χ0) is 48.8. The molecule has 0 unspecified atom stereocenters. The van der Waals surface area contributed by atoms with Gasteiger partial charge in [0.25, 0.3) is 0 Å². The number of hydrogen-bond donors (Lipinski definition) is 4. The Morgan fingerprint density at radius 2 is 0.507 bits per heavy atom. The van der Waals surface area contributed by atoms with Gasteiger partial charge in [-0.3, -0.25) is 14.4 Å². The second-order valence-corrected chi connectivity index (χ2v) is 20.5. The van der Waals surface area contributed by atoms with Crippen LogP contribution in [-0.4, -0.2) is 93.0 Å². The number of nitrogens with two attached hydrogens (primary N) is 1. The third kappa shape index (κ3) is 52.0. The molecule has 0 spiro atoms. The molecular weight excluding hydrogens is 829 g/mol. The van der Waals surface area contributed by atoms with Crippen LogP contribution in [-0.2, 0) is 14.4 Å². The maximum atomic E-state index is 13.0. The lowest BCUT2D eigenvalue weighted by Gasteiger charge is -2.27. The van der Waals surface area contributed by atoms with Gasteiger partial charge in [0.05, 0.1) is 0 Å². The first-order valence-electron chi connectivity index (χ1n) is 29.9. The molecule has 0 aromatic heterocycles. The van der Waals surface area contributed by atoms with Crippen molar-refractivity contribution in [1.82, 2.24) is 25.8 Å². The van der Waals surface area contributed by atoms with Crippen molar-refractivity contribution >= 4 is 17.7 Å². The van der Waals surface area contributed by atoms with E-state index in [-0.39, 0.29) is 17.7 Å². The van der Waals surface area contributed by atoms with Gasteiger partial charge in [-0.1, -0.05) is 239 Å². The molecule has 9 heteroatoms. The third-order valence-corrected chi connectivity index (χ3v) is 13.9. The number of nitrogens with zero attached hydrogens (tertiary/aromatic N) is 2. The Morgan fingerprint density at radius 3 is 0.761 bits per heavy atom. The summed E-state index contributed by atoms with van der Waals surface area (Å²) in [5, 5.41) is 9.55. The quantitative estimate of drug-likeness (QED) is 0.0451. The zero-order valence-electron chi connectivity index (χ0n) is 45.5. The summed E-state index contributed by atoms with van der Waals surface area (Å²) in [4.78, 5) is 43.7. The normalized spacial score (nSPS) is 11.6. The van der Waals surface area contributed by atoms with E-state index >= 15 is 0 Å². The monoisotopic (exact) mass is 947 g/mol. The molecule has 0 saturated heterocycles. The highest BCUT2D eigenvalue weighted by Gasteiger charge is 2.15. The number of hydrogen-bond acceptors (Lipinski definition) is 6. The van der Waals surface area contributed by atoms with E-state index < -0.39 is 0 Å². The minimum absolute atomic E-state index is 0.105. The summed E-state index contributed by atoms with van der Waals surface area (Å²) in [5.41, 5.74) is 5.81. The van der Waals surface area contributed by atoms with Gasteiger partial charge in [-0.15, -0.1) is 0 Å². The molecule has 0 aromatic rings. The van der Waals surface area contributed by atoms with Gasteiger partial charge in [0.2, 0.25) is 17.7 Å². The van der Waals surface area contributed by atoms with E-state index in [1.807, 2.05) is 0 Å². The SMILES string of the molecule is CCCCCCCCCCCCCCNC(=O)CCN(CCCCCN)CCN(CCC(=O)NCCCCCCCCCCCCCC)CCC(=O)NCCCCCCCCCCCCCC. The summed E-state index contributed by atoms with van der Waals surface area (Å²) in [6, 6.07) is 0. The summed E-state index contributed by atoms with van der Waals surface area (Å²) in [6.45, 7) is 14.3. The number of unbranched alkanes of at least 4 members (excludes halogenated alkanes) is 35. The van der Waals surface area contributed by atoms with E-state index in [9.17, 15) is 14.4 Å². The van der Waals surface area contributed by atoms with Crippen molar-refractivity contribution in [3.05, 3.63) is 0 Å². The first kappa shape index (κ1) is 65.3. The van der Waals surface area contributed by atoms with Gasteiger partial charge in [-0.05, 0) is 45.2 Å². The van der Waals surface area contributed by atoms with Crippen molar-refractivity contribution in [1.29, 1.82) is 0 Å². The second kappa shape index (κ2) is 55.2. The van der Waals surface area contributed by atoms with Gasteiger partial charge in [-0.2, -0.15) is 0 Å². The van der Waals surface area contributed by atoms with E-state index in [2.05, 4.69) is 46.5 Å². The lowest BCUT2D eigenvalue weighted by molar-refractivity contribution is -0.122. The molecule has 0 heterocycles. The maximum absolute atomic E-state index is 13.0. The molecule has 5 N–H and O–H groups in total. The molecule has 0 fully saturated rings. The Bertz CT molecular complexity index is 984. The van der Waals surface area contributed by atoms with E-state index in [0.29, 0.717) is 38.9 Å². The average Bonchev–Trinajstić information content (AvgIpc) is 3.33. The molecule has 3 amide bonds. The molecule has 9 nitrogen and oxygen atoms in total. The minimum atomic E-state index is 0.105. The van der Waals surface area contributed by atoms with Crippen LogP contribution in [0.15, 0.2) is 0 Å². The molecule has 67 heavy (non-hydrogen) atoms. The van der Waals surface area contributed by atoms with Crippen LogP contribution in [0.5, 0.6) is 0 Å². The highest BCUT2D eigenvalue weighted by atomic mass is 16.2. The molecule has 398 valence electrons. The first-order chi connectivity index (χ1) is 33.0. The summed E-state index contributed by atoms with van der Waals surface area (Å²) < 4.78 is 0. The average molecular weight is 948 g/mol. The van der Waals surface area contributed by atoms with Crippen molar-refractivity contribution < 1.29 is 14.4 Å². The van der Waals surface area contributed by atoms with Crippen LogP contribution < -0.4 is 21.7 Å². The van der Waals surface area contributed by atoms with Gasteiger partial charge in [-0.25, -0.2) is 0 Å². The van der Waals surface area contributed by atoms with Crippen molar-refractivity contribution in [2.45, 2.75) is 290 Å². The number of nitrogens with one attached hydrogen (secondary N) is 3. The highest BCUT2D eigenvalue weighted by Crippen LogP contribution is 2.15. The van der Waals surface area contributed by atoms with Gasteiger partial charge in [0.15, 0.2) is 0 Å².